The molecular formula is C32H38ClN3O4S. The largest absolute Gasteiger partial charge is 0.352 e. The van der Waals surface area contributed by atoms with Crippen LogP contribution in [0.1, 0.15) is 57.1 Å². The van der Waals surface area contributed by atoms with Crippen molar-refractivity contribution >= 4 is 39.1 Å². The average Bonchev–Trinajstić information content (AvgIpc) is 3.00. The number of nitrogens with zero attached hydrogens (tertiary/aromatic N) is 2. The van der Waals surface area contributed by atoms with Gasteiger partial charge in [0.15, 0.2) is 0 Å². The van der Waals surface area contributed by atoms with Gasteiger partial charge >= 0.3 is 0 Å². The molecule has 0 aromatic heterocycles. The zero-order valence-corrected chi connectivity index (χ0v) is 25.2. The fraction of sp³-hybridized carbons (Fsp3) is 0.375. The second-order valence-corrected chi connectivity index (χ2v) is 12.7. The molecule has 2 amide bonds. The van der Waals surface area contributed by atoms with E-state index in [2.05, 4.69) is 5.32 Å². The molecule has 0 spiro atoms. The first kappa shape index (κ1) is 30.6. The lowest BCUT2D eigenvalue weighted by Gasteiger charge is -2.33. The van der Waals surface area contributed by atoms with Gasteiger partial charge in [-0.2, -0.15) is 0 Å². The van der Waals surface area contributed by atoms with Gasteiger partial charge in [-0.05, 0) is 61.6 Å². The van der Waals surface area contributed by atoms with Crippen molar-refractivity contribution in [3.63, 3.8) is 0 Å². The van der Waals surface area contributed by atoms with E-state index in [1.165, 1.54) is 17.0 Å². The smallest absolute Gasteiger partial charge is 0.264 e. The molecule has 1 N–H and O–H groups in total. The molecule has 1 aliphatic rings. The lowest BCUT2D eigenvalue weighted by Crippen LogP contribution is -2.53. The van der Waals surface area contributed by atoms with Gasteiger partial charge in [0.2, 0.25) is 11.8 Å². The number of hydrogen-bond acceptors (Lipinski definition) is 4. The first-order valence-corrected chi connectivity index (χ1v) is 16.0. The summed E-state index contributed by atoms with van der Waals surface area (Å²) < 4.78 is 29.1. The summed E-state index contributed by atoms with van der Waals surface area (Å²) in [7, 11) is -4.11. The zero-order chi connectivity index (χ0) is 29.4. The highest BCUT2D eigenvalue weighted by atomic mass is 35.5. The van der Waals surface area contributed by atoms with E-state index in [1.807, 2.05) is 25.1 Å². The summed E-state index contributed by atoms with van der Waals surface area (Å²) in [5.74, 6) is -0.759. The maximum Gasteiger partial charge on any atom is 0.264 e. The van der Waals surface area contributed by atoms with Crippen LogP contribution in [0.5, 0.6) is 0 Å². The first-order chi connectivity index (χ1) is 19.7. The number of amides is 2. The van der Waals surface area contributed by atoms with Crippen LogP contribution in [0.25, 0.3) is 0 Å². The number of sulfonamides is 1. The van der Waals surface area contributed by atoms with Crippen molar-refractivity contribution in [2.24, 2.45) is 0 Å². The van der Waals surface area contributed by atoms with Crippen LogP contribution in [0.15, 0.2) is 83.8 Å². The Labute approximate surface area is 248 Å². The number of rotatable bonds is 11. The molecule has 3 aromatic carbocycles. The summed E-state index contributed by atoms with van der Waals surface area (Å²) in [5, 5.41) is 3.58. The Kier molecular flexibility index (Phi) is 10.5. The molecule has 41 heavy (non-hydrogen) atoms. The Balaban J connectivity index is 1.70. The van der Waals surface area contributed by atoms with Gasteiger partial charge in [-0.15, -0.1) is 0 Å². The first-order valence-electron chi connectivity index (χ1n) is 14.2. The second kappa shape index (κ2) is 14.0. The summed E-state index contributed by atoms with van der Waals surface area (Å²) in [4.78, 5) is 29.1. The molecular weight excluding hydrogens is 558 g/mol. The molecule has 4 rings (SSSR count). The number of hydrogen-bond donors (Lipinski definition) is 1. The van der Waals surface area contributed by atoms with Crippen LogP contribution in [0.2, 0.25) is 5.02 Å². The number of halogens is 1. The van der Waals surface area contributed by atoms with Crippen molar-refractivity contribution in [3.05, 3.63) is 95.0 Å². The number of para-hydroxylation sites is 1. The Hall–Kier alpha value is -3.36. The minimum absolute atomic E-state index is 0.0619. The highest BCUT2D eigenvalue weighted by Crippen LogP contribution is 2.28. The highest BCUT2D eigenvalue weighted by molar-refractivity contribution is 7.92. The second-order valence-electron chi connectivity index (χ2n) is 10.4. The third kappa shape index (κ3) is 7.49. The van der Waals surface area contributed by atoms with Crippen LogP contribution in [-0.4, -0.2) is 43.8 Å². The Bertz CT molecular complexity index is 1440. The van der Waals surface area contributed by atoms with Gasteiger partial charge in [0.1, 0.15) is 12.6 Å². The van der Waals surface area contributed by atoms with E-state index < -0.39 is 28.5 Å². The van der Waals surface area contributed by atoms with E-state index in [1.54, 1.807) is 55.5 Å². The molecule has 0 heterocycles. The molecule has 1 unspecified atom stereocenters. The molecule has 0 aliphatic heterocycles. The summed E-state index contributed by atoms with van der Waals surface area (Å²) >= 11 is 6.46. The number of carbonyl (C=O) groups excluding carboxylic acids is 2. The number of nitrogens with one attached hydrogen (secondary N) is 1. The van der Waals surface area contributed by atoms with Crippen LogP contribution in [0.4, 0.5) is 5.69 Å². The zero-order valence-electron chi connectivity index (χ0n) is 23.6. The van der Waals surface area contributed by atoms with Gasteiger partial charge in [0, 0.05) is 17.6 Å². The van der Waals surface area contributed by atoms with Crippen LogP contribution in [0, 0.1) is 0 Å². The quantitative estimate of drug-likeness (QED) is 0.296. The highest BCUT2D eigenvalue weighted by Gasteiger charge is 2.34. The fourth-order valence-corrected chi connectivity index (χ4v) is 6.92. The van der Waals surface area contributed by atoms with Crippen LogP contribution >= 0.6 is 11.6 Å². The van der Waals surface area contributed by atoms with Crippen molar-refractivity contribution in [3.8, 4) is 0 Å². The van der Waals surface area contributed by atoms with E-state index in [0.717, 1.165) is 42.0 Å². The molecule has 0 saturated heterocycles. The SMILES string of the molecule is CCc1ccccc1N(CC(=O)N(Cc1ccccc1Cl)C(C)C(=O)NC1CCCCC1)S(=O)(=O)c1ccccc1. The van der Waals surface area contributed by atoms with Gasteiger partial charge in [-0.3, -0.25) is 13.9 Å². The molecule has 0 radical (unpaired) electrons. The summed E-state index contributed by atoms with van der Waals surface area (Å²) in [6, 6.07) is 21.6. The third-order valence-corrected chi connectivity index (χ3v) is 9.81. The van der Waals surface area contributed by atoms with Crippen molar-refractivity contribution in [1.82, 2.24) is 10.2 Å². The minimum atomic E-state index is -4.11. The molecule has 1 aliphatic carbocycles. The average molecular weight is 596 g/mol. The Morgan fingerprint density at radius 1 is 0.902 bits per heavy atom. The Morgan fingerprint density at radius 2 is 1.51 bits per heavy atom. The topological polar surface area (TPSA) is 86.8 Å². The van der Waals surface area contributed by atoms with Gasteiger partial charge in [-0.1, -0.05) is 92.4 Å². The minimum Gasteiger partial charge on any atom is -0.352 e. The number of carbonyl (C=O) groups is 2. The van der Waals surface area contributed by atoms with Crippen molar-refractivity contribution in [2.75, 3.05) is 10.8 Å². The number of benzene rings is 3. The fourth-order valence-electron chi connectivity index (χ4n) is 5.25. The molecule has 7 nitrogen and oxygen atoms in total. The predicted molar refractivity (Wildman–Crippen MR) is 163 cm³/mol. The summed E-state index contributed by atoms with van der Waals surface area (Å²) in [5.41, 5.74) is 1.90. The van der Waals surface area contributed by atoms with Gasteiger partial charge in [0.25, 0.3) is 10.0 Å². The number of anilines is 1. The molecule has 1 fully saturated rings. The van der Waals surface area contributed by atoms with Gasteiger partial charge < -0.3 is 10.2 Å². The summed E-state index contributed by atoms with van der Waals surface area (Å²) in [6.45, 7) is 3.21. The molecule has 1 saturated carbocycles. The third-order valence-electron chi connectivity index (χ3n) is 7.67. The van der Waals surface area contributed by atoms with E-state index in [-0.39, 0.29) is 23.4 Å². The lowest BCUT2D eigenvalue weighted by atomic mass is 9.95. The van der Waals surface area contributed by atoms with E-state index in [4.69, 9.17) is 11.6 Å². The molecule has 3 aromatic rings. The van der Waals surface area contributed by atoms with Crippen molar-refractivity contribution in [2.45, 2.75) is 75.9 Å². The van der Waals surface area contributed by atoms with Crippen LogP contribution in [0.3, 0.4) is 0 Å². The standard InChI is InChI=1S/C32H38ClN3O4S/c1-3-25-14-11-13-21-30(25)36(41(39,40)28-18-8-5-9-19-28)23-31(37)35(22-26-15-10-12-20-29(26)33)24(2)32(38)34-27-16-6-4-7-17-27/h5,8-15,18-21,24,27H,3-4,6-7,16-17,22-23H2,1-2H3,(H,34,38). The lowest BCUT2D eigenvalue weighted by molar-refractivity contribution is -0.139. The monoisotopic (exact) mass is 595 g/mol. The maximum atomic E-state index is 14.2. The normalized spacial score (nSPS) is 14.7. The van der Waals surface area contributed by atoms with Crippen molar-refractivity contribution < 1.29 is 18.0 Å². The van der Waals surface area contributed by atoms with Crippen LogP contribution in [-0.2, 0) is 32.6 Å². The molecule has 0 bridgehead atoms. The molecule has 218 valence electrons. The molecule has 1 atom stereocenters. The van der Waals surface area contributed by atoms with Crippen molar-refractivity contribution in [1.29, 1.82) is 0 Å². The molecule has 9 heteroatoms. The van der Waals surface area contributed by atoms with E-state index in [9.17, 15) is 18.0 Å². The van der Waals surface area contributed by atoms with Gasteiger partial charge in [0.05, 0.1) is 10.6 Å². The summed E-state index contributed by atoms with van der Waals surface area (Å²) in [6.07, 6.45) is 5.68. The maximum absolute atomic E-state index is 14.2. The van der Waals surface area contributed by atoms with E-state index in [0.29, 0.717) is 22.7 Å². The number of aryl methyl sites for hydroxylation is 1. The van der Waals surface area contributed by atoms with Crippen LogP contribution < -0.4 is 9.62 Å². The van der Waals surface area contributed by atoms with Gasteiger partial charge in [-0.25, -0.2) is 8.42 Å². The van der Waals surface area contributed by atoms with E-state index >= 15 is 0 Å². The Morgan fingerprint density at radius 3 is 2.17 bits per heavy atom. The predicted octanol–water partition coefficient (Wildman–Crippen LogP) is 5.96.